The molecule has 0 amide bonds. The first-order valence-electron chi connectivity index (χ1n) is 4.18. The number of ether oxygens (including phenoxy) is 2. The summed E-state index contributed by atoms with van der Waals surface area (Å²) in [5.74, 6) is 0. The lowest BCUT2D eigenvalue weighted by Crippen LogP contribution is -2.13. The van der Waals surface area contributed by atoms with Crippen LogP contribution in [-0.2, 0) is 9.47 Å². The summed E-state index contributed by atoms with van der Waals surface area (Å²) in [6.07, 6.45) is 2.44. The molecule has 0 saturated carbocycles. The molecule has 67 valence electrons. The molecule has 0 aromatic heterocycles. The second-order valence-electron chi connectivity index (χ2n) is 2.70. The molecule has 0 aliphatic heterocycles. The number of methoxy groups -OCH3 is 1. The molecule has 1 radical (unpaired) electrons. The zero-order valence-electron chi connectivity index (χ0n) is 7.80. The van der Waals surface area contributed by atoms with E-state index >= 15 is 0 Å². The lowest BCUT2D eigenvalue weighted by molar-refractivity contribution is 0.0599. The van der Waals surface area contributed by atoms with Crippen molar-refractivity contribution in [3.63, 3.8) is 0 Å². The van der Waals surface area contributed by atoms with E-state index < -0.39 is 0 Å². The molecule has 0 aliphatic rings. The predicted molar refractivity (Wildman–Crippen MR) is 46.5 cm³/mol. The number of rotatable bonds is 6. The molecular weight excluding hydrogens is 140 g/mol. The molecular formula is C9H19O2. The Morgan fingerprint density at radius 1 is 1.36 bits per heavy atom. The minimum Gasteiger partial charge on any atom is -0.382 e. The van der Waals surface area contributed by atoms with Crippen molar-refractivity contribution in [1.29, 1.82) is 0 Å². The quantitative estimate of drug-likeness (QED) is 0.590. The van der Waals surface area contributed by atoms with Gasteiger partial charge >= 0.3 is 0 Å². The summed E-state index contributed by atoms with van der Waals surface area (Å²) in [5, 5.41) is 0. The smallest absolute Gasteiger partial charge is 0.0576 e. The van der Waals surface area contributed by atoms with Gasteiger partial charge in [-0.15, -0.1) is 0 Å². The Bertz CT molecular complexity index is 83.6. The van der Waals surface area contributed by atoms with Crippen LogP contribution in [0, 0.1) is 6.92 Å². The Kier molecular flexibility index (Phi) is 6.57. The van der Waals surface area contributed by atoms with E-state index in [0.29, 0.717) is 6.10 Å². The van der Waals surface area contributed by atoms with Crippen LogP contribution in [0.3, 0.4) is 0 Å². The first-order valence-corrected chi connectivity index (χ1v) is 4.18. The normalized spacial score (nSPS) is 16.4. The molecule has 2 heteroatoms. The van der Waals surface area contributed by atoms with Crippen LogP contribution in [0.1, 0.15) is 26.7 Å². The fourth-order valence-electron chi connectivity index (χ4n) is 0.857. The van der Waals surface area contributed by atoms with E-state index in [1.54, 1.807) is 7.11 Å². The van der Waals surface area contributed by atoms with Crippen LogP contribution in [0.2, 0.25) is 0 Å². The van der Waals surface area contributed by atoms with E-state index in [-0.39, 0.29) is 6.10 Å². The van der Waals surface area contributed by atoms with Crippen LogP contribution in [0.5, 0.6) is 0 Å². The Morgan fingerprint density at radius 3 is 2.45 bits per heavy atom. The fraction of sp³-hybridized carbons (Fsp3) is 0.889. The monoisotopic (exact) mass is 159 g/mol. The Hall–Kier alpha value is -0.0800. The fourth-order valence-corrected chi connectivity index (χ4v) is 0.857. The van der Waals surface area contributed by atoms with Crippen LogP contribution in [0.4, 0.5) is 0 Å². The number of hydrogen-bond acceptors (Lipinski definition) is 2. The second kappa shape index (κ2) is 6.62. The molecule has 0 N–H and O–H groups in total. The Balaban J connectivity index is 3.22. The van der Waals surface area contributed by atoms with Crippen molar-refractivity contribution in [2.45, 2.75) is 38.9 Å². The third kappa shape index (κ3) is 6.32. The third-order valence-corrected chi connectivity index (χ3v) is 1.70. The molecule has 0 spiro atoms. The average Bonchev–Trinajstić information content (AvgIpc) is 2.01. The van der Waals surface area contributed by atoms with Gasteiger partial charge in [0, 0.05) is 13.7 Å². The van der Waals surface area contributed by atoms with E-state index in [0.717, 1.165) is 19.4 Å². The summed E-state index contributed by atoms with van der Waals surface area (Å²) in [6.45, 7) is 8.64. The minimum atomic E-state index is 0.123. The molecule has 0 aromatic rings. The van der Waals surface area contributed by atoms with Gasteiger partial charge in [0.2, 0.25) is 0 Å². The highest BCUT2D eigenvalue weighted by atomic mass is 16.5. The highest BCUT2D eigenvalue weighted by Gasteiger charge is 2.04. The summed E-state index contributed by atoms with van der Waals surface area (Å²) in [5.41, 5.74) is 0. The third-order valence-electron chi connectivity index (χ3n) is 1.70. The molecule has 0 aromatic carbocycles. The lowest BCUT2D eigenvalue weighted by Gasteiger charge is -2.13. The molecule has 0 aliphatic carbocycles. The van der Waals surface area contributed by atoms with Gasteiger partial charge in [-0.1, -0.05) is 0 Å². The van der Waals surface area contributed by atoms with Crippen molar-refractivity contribution in [2.24, 2.45) is 0 Å². The van der Waals surface area contributed by atoms with E-state index in [4.69, 9.17) is 9.47 Å². The van der Waals surface area contributed by atoms with Gasteiger partial charge in [0.25, 0.3) is 0 Å². The largest absolute Gasteiger partial charge is 0.382 e. The van der Waals surface area contributed by atoms with Gasteiger partial charge in [0.05, 0.1) is 12.2 Å². The topological polar surface area (TPSA) is 18.5 Å². The van der Waals surface area contributed by atoms with Crippen molar-refractivity contribution in [3.8, 4) is 0 Å². The van der Waals surface area contributed by atoms with Crippen molar-refractivity contribution in [1.82, 2.24) is 0 Å². The van der Waals surface area contributed by atoms with Gasteiger partial charge < -0.3 is 9.47 Å². The maximum Gasteiger partial charge on any atom is 0.0576 e. The SMILES string of the molecule is [CH2]C(CCC(C)OC)OCC. The van der Waals surface area contributed by atoms with Crippen molar-refractivity contribution >= 4 is 0 Å². The zero-order chi connectivity index (χ0) is 8.69. The molecule has 0 saturated heterocycles. The summed E-state index contributed by atoms with van der Waals surface area (Å²) >= 11 is 0. The average molecular weight is 159 g/mol. The molecule has 0 rings (SSSR count). The van der Waals surface area contributed by atoms with Crippen LogP contribution >= 0.6 is 0 Å². The second-order valence-corrected chi connectivity index (χ2v) is 2.70. The van der Waals surface area contributed by atoms with Gasteiger partial charge in [0.15, 0.2) is 0 Å². The molecule has 2 nitrogen and oxygen atoms in total. The van der Waals surface area contributed by atoms with E-state index in [2.05, 4.69) is 13.8 Å². The van der Waals surface area contributed by atoms with Crippen LogP contribution in [-0.4, -0.2) is 25.9 Å². The van der Waals surface area contributed by atoms with Crippen molar-refractivity contribution < 1.29 is 9.47 Å². The molecule has 11 heavy (non-hydrogen) atoms. The Labute approximate surface area is 69.9 Å². The van der Waals surface area contributed by atoms with Crippen LogP contribution in [0.15, 0.2) is 0 Å². The first-order chi connectivity index (χ1) is 5.20. The van der Waals surface area contributed by atoms with Gasteiger partial charge in [0.1, 0.15) is 0 Å². The highest BCUT2D eigenvalue weighted by molar-refractivity contribution is 4.62. The van der Waals surface area contributed by atoms with E-state index in [1.807, 2.05) is 6.92 Å². The summed E-state index contributed by atoms with van der Waals surface area (Å²) in [4.78, 5) is 0. The standard InChI is InChI=1S/C9H19O2/c1-5-11-9(3)7-6-8(2)10-4/h8-9H,3,5-7H2,1-2,4H3. The van der Waals surface area contributed by atoms with Gasteiger partial charge in [-0.05, 0) is 33.6 Å². The van der Waals surface area contributed by atoms with Crippen LogP contribution in [0.25, 0.3) is 0 Å². The van der Waals surface area contributed by atoms with Crippen LogP contribution < -0.4 is 0 Å². The van der Waals surface area contributed by atoms with Gasteiger partial charge in [-0.2, -0.15) is 0 Å². The van der Waals surface area contributed by atoms with Gasteiger partial charge in [-0.3, -0.25) is 0 Å². The van der Waals surface area contributed by atoms with Crippen molar-refractivity contribution in [3.05, 3.63) is 6.92 Å². The minimum absolute atomic E-state index is 0.123. The summed E-state index contributed by atoms with van der Waals surface area (Å²) in [6, 6.07) is 0. The summed E-state index contributed by atoms with van der Waals surface area (Å²) < 4.78 is 10.4. The first kappa shape index (κ1) is 10.9. The molecule has 0 bridgehead atoms. The number of hydrogen-bond donors (Lipinski definition) is 0. The predicted octanol–water partition coefficient (Wildman–Crippen LogP) is 2.04. The maximum atomic E-state index is 5.27. The molecule has 2 atom stereocenters. The van der Waals surface area contributed by atoms with E-state index in [9.17, 15) is 0 Å². The lowest BCUT2D eigenvalue weighted by atomic mass is 10.1. The van der Waals surface area contributed by atoms with Crippen molar-refractivity contribution in [2.75, 3.05) is 13.7 Å². The highest BCUT2D eigenvalue weighted by Crippen LogP contribution is 2.05. The molecule has 0 heterocycles. The summed E-state index contributed by atoms with van der Waals surface area (Å²) in [7, 11) is 1.73. The maximum absolute atomic E-state index is 5.27. The zero-order valence-corrected chi connectivity index (χ0v) is 7.80. The molecule has 2 unspecified atom stereocenters. The molecule has 0 fully saturated rings. The Morgan fingerprint density at radius 2 is 2.00 bits per heavy atom. The van der Waals surface area contributed by atoms with Gasteiger partial charge in [-0.25, -0.2) is 0 Å². The van der Waals surface area contributed by atoms with E-state index in [1.165, 1.54) is 0 Å².